The summed E-state index contributed by atoms with van der Waals surface area (Å²) in [5.41, 5.74) is 2.17. The van der Waals surface area contributed by atoms with Crippen molar-refractivity contribution in [1.29, 1.82) is 0 Å². The van der Waals surface area contributed by atoms with E-state index in [4.69, 9.17) is 0 Å². The first-order valence-electron chi connectivity index (χ1n) is 7.80. The number of hydrogen-bond donors (Lipinski definition) is 2. The molecule has 0 radical (unpaired) electrons. The Labute approximate surface area is 124 Å². The molecule has 0 amide bonds. The highest BCUT2D eigenvalue weighted by Gasteiger charge is 2.13. The number of benzene rings is 1. The normalized spacial score (nSPS) is 15.1. The molecule has 114 valence electrons. The highest BCUT2D eigenvalue weighted by Crippen LogP contribution is 2.14. The van der Waals surface area contributed by atoms with E-state index in [0.29, 0.717) is 12.1 Å². The molecule has 0 heterocycles. The smallest absolute Gasteiger partial charge is 0.0591 e. The summed E-state index contributed by atoms with van der Waals surface area (Å²) in [6.07, 6.45) is 4.11. The van der Waals surface area contributed by atoms with E-state index in [1.807, 2.05) is 13.8 Å². The van der Waals surface area contributed by atoms with Crippen LogP contribution >= 0.6 is 0 Å². The van der Waals surface area contributed by atoms with Gasteiger partial charge in [-0.1, -0.05) is 29.8 Å². The van der Waals surface area contributed by atoms with Crippen LogP contribution in [0.1, 0.15) is 58.1 Å². The molecule has 2 N–H and O–H groups in total. The van der Waals surface area contributed by atoms with Crippen LogP contribution in [0.2, 0.25) is 0 Å². The number of aliphatic hydroxyl groups is 1. The van der Waals surface area contributed by atoms with Crippen molar-refractivity contribution in [2.45, 2.75) is 78.0 Å². The molecule has 20 heavy (non-hydrogen) atoms. The van der Waals surface area contributed by atoms with Crippen LogP contribution in [0.15, 0.2) is 24.3 Å². The Morgan fingerprint density at radius 1 is 1.10 bits per heavy atom. The van der Waals surface area contributed by atoms with Gasteiger partial charge >= 0.3 is 0 Å². The Hall–Kier alpha value is -0.860. The average molecular weight is 277 g/mol. The highest BCUT2D eigenvalue weighted by molar-refractivity contribution is 5.21. The summed E-state index contributed by atoms with van der Waals surface area (Å²) in [6.45, 7) is 10.4. The molecule has 0 fully saturated rings. The SMILES string of the molecule is Cc1ccc(C[C@@H](C)N[C@H](C)CCCC(C)(C)O)cc1. The van der Waals surface area contributed by atoms with Gasteiger partial charge in [-0.05, 0) is 65.9 Å². The molecule has 1 aromatic carbocycles. The van der Waals surface area contributed by atoms with Crippen LogP contribution in [0.25, 0.3) is 0 Å². The molecule has 1 aromatic rings. The molecule has 2 nitrogen and oxygen atoms in total. The van der Waals surface area contributed by atoms with Crippen molar-refractivity contribution >= 4 is 0 Å². The molecule has 0 spiro atoms. The second kappa shape index (κ2) is 7.80. The molecule has 1 rings (SSSR count). The zero-order valence-electron chi connectivity index (χ0n) is 13.7. The summed E-state index contributed by atoms with van der Waals surface area (Å²) in [4.78, 5) is 0. The van der Waals surface area contributed by atoms with Gasteiger partial charge in [0.25, 0.3) is 0 Å². The maximum atomic E-state index is 9.71. The summed E-state index contributed by atoms with van der Waals surface area (Å²) >= 11 is 0. The van der Waals surface area contributed by atoms with Gasteiger partial charge in [0.15, 0.2) is 0 Å². The lowest BCUT2D eigenvalue weighted by Gasteiger charge is -2.22. The fraction of sp³-hybridized carbons (Fsp3) is 0.667. The van der Waals surface area contributed by atoms with Gasteiger partial charge in [0.05, 0.1) is 5.60 Å². The Bertz CT molecular complexity index is 377. The zero-order chi connectivity index (χ0) is 15.2. The van der Waals surface area contributed by atoms with Gasteiger partial charge in [-0.15, -0.1) is 0 Å². The maximum absolute atomic E-state index is 9.71. The highest BCUT2D eigenvalue weighted by atomic mass is 16.3. The summed E-state index contributed by atoms with van der Waals surface area (Å²) in [5.74, 6) is 0. The van der Waals surface area contributed by atoms with Crippen LogP contribution in [0, 0.1) is 6.92 Å². The lowest BCUT2D eigenvalue weighted by molar-refractivity contribution is 0.0674. The number of hydrogen-bond acceptors (Lipinski definition) is 2. The van der Waals surface area contributed by atoms with Crippen molar-refractivity contribution in [2.75, 3.05) is 0 Å². The molecule has 0 saturated carbocycles. The zero-order valence-corrected chi connectivity index (χ0v) is 13.7. The molecular weight excluding hydrogens is 246 g/mol. The lowest BCUT2D eigenvalue weighted by atomic mass is 9.99. The standard InChI is InChI=1S/C18H31NO/c1-14-8-10-17(11-9-14)13-16(3)19-15(2)7-6-12-18(4,5)20/h8-11,15-16,19-20H,6-7,12-13H2,1-5H3/t15-,16-/m1/s1. The van der Waals surface area contributed by atoms with Crippen LogP contribution in [-0.4, -0.2) is 22.8 Å². The van der Waals surface area contributed by atoms with Crippen LogP contribution in [0.5, 0.6) is 0 Å². The minimum Gasteiger partial charge on any atom is -0.390 e. The molecule has 0 bridgehead atoms. The van der Waals surface area contributed by atoms with Crippen molar-refractivity contribution in [2.24, 2.45) is 0 Å². The third kappa shape index (κ3) is 7.66. The largest absolute Gasteiger partial charge is 0.390 e. The van der Waals surface area contributed by atoms with Gasteiger partial charge in [0, 0.05) is 12.1 Å². The van der Waals surface area contributed by atoms with E-state index in [2.05, 4.69) is 50.4 Å². The molecule has 0 aliphatic heterocycles. The van der Waals surface area contributed by atoms with Crippen LogP contribution in [0.3, 0.4) is 0 Å². The van der Waals surface area contributed by atoms with Gasteiger partial charge in [0.1, 0.15) is 0 Å². The van der Waals surface area contributed by atoms with E-state index >= 15 is 0 Å². The third-order valence-corrected chi connectivity index (χ3v) is 3.66. The quantitative estimate of drug-likeness (QED) is 0.756. The summed E-state index contributed by atoms with van der Waals surface area (Å²) in [7, 11) is 0. The van der Waals surface area contributed by atoms with Gasteiger partial charge < -0.3 is 10.4 Å². The molecule has 2 heteroatoms. The van der Waals surface area contributed by atoms with Crippen LogP contribution < -0.4 is 5.32 Å². The van der Waals surface area contributed by atoms with Crippen LogP contribution in [0.4, 0.5) is 0 Å². The van der Waals surface area contributed by atoms with Crippen molar-refractivity contribution in [3.05, 3.63) is 35.4 Å². The van der Waals surface area contributed by atoms with Gasteiger partial charge in [-0.25, -0.2) is 0 Å². The van der Waals surface area contributed by atoms with Crippen molar-refractivity contribution in [3.8, 4) is 0 Å². The lowest BCUT2D eigenvalue weighted by Crippen LogP contribution is -2.36. The Kier molecular flexibility index (Phi) is 6.70. The van der Waals surface area contributed by atoms with E-state index < -0.39 is 5.60 Å². The molecule has 2 atom stereocenters. The molecule has 0 unspecified atom stereocenters. The molecule has 0 aromatic heterocycles. The van der Waals surface area contributed by atoms with E-state index in [1.54, 1.807) is 0 Å². The molecule has 0 aliphatic rings. The van der Waals surface area contributed by atoms with Gasteiger partial charge in [-0.3, -0.25) is 0 Å². The van der Waals surface area contributed by atoms with E-state index in [1.165, 1.54) is 11.1 Å². The topological polar surface area (TPSA) is 32.3 Å². The minimum absolute atomic E-state index is 0.481. The second-order valence-electron chi connectivity index (χ2n) is 6.86. The summed E-state index contributed by atoms with van der Waals surface area (Å²) in [5, 5.41) is 13.4. The van der Waals surface area contributed by atoms with Gasteiger partial charge in [0.2, 0.25) is 0 Å². The van der Waals surface area contributed by atoms with Crippen molar-refractivity contribution in [3.63, 3.8) is 0 Å². The molecule has 0 aliphatic carbocycles. The number of aryl methyl sites for hydroxylation is 1. The number of rotatable bonds is 8. The first-order valence-corrected chi connectivity index (χ1v) is 7.80. The second-order valence-corrected chi connectivity index (χ2v) is 6.86. The number of nitrogens with one attached hydrogen (secondary N) is 1. The molecule has 0 saturated heterocycles. The Morgan fingerprint density at radius 2 is 1.70 bits per heavy atom. The Balaban J connectivity index is 2.27. The predicted molar refractivity (Wildman–Crippen MR) is 87.1 cm³/mol. The molecular formula is C18H31NO. The fourth-order valence-corrected chi connectivity index (χ4v) is 2.55. The minimum atomic E-state index is -0.534. The monoisotopic (exact) mass is 277 g/mol. The van der Waals surface area contributed by atoms with Gasteiger partial charge in [-0.2, -0.15) is 0 Å². The average Bonchev–Trinajstić information content (AvgIpc) is 2.30. The Morgan fingerprint density at radius 3 is 2.25 bits per heavy atom. The van der Waals surface area contributed by atoms with Crippen molar-refractivity contribution in [1.82, 2.24) is 5.32 Å². The summed E-state index contributed by atoms with van der Waals surface area (Å²) < 4.78 is 0. The first kappa shape index (κ1) is 17.2. The third-order valence-electron chi connectivity index (χ3n) is 3.66. The van der Waals surface area contributed by atoms with E-state index in [-0.39, 0.29) is 0 Å². The maximum Gasteiger partial charge on any atom is 0.0591 e. The van der Waals surface area contributed by atoms with E-state index in [9.17, 15) is 5.11 Å². The summed E-state index contributed by atoms with van der Waals surface area (Å²) in [6, 6.07) is 9.76. The fourth-order valence-electron chi connectivity index (χ4n) is 2.55. The first-order chi connectivity index (χ1) is 9.26. The predicted octanol–water partition coefficient (Wildman–Crippen LogP) is 3.85. The van der Waals surface area contributed by atoms with E-state index in [0.717, 1.165) is 25.7 Å². The van der Waals surface area contributed by atoms with Crippen LogP contribution in [-0.2, 0) is 6.42 Å². The van der Waals surface area contributed by atoms with Crippen molar-refractivity contribution < 1.29 is 5.11 Å².